The van der Waals surface area contributed by atoms with Gasteiger partial charge in [0.1, 0.15) is 0 Å². The fourth-order valence-electron chi connectivity index (χ4n) is 6.22. The van der Waals surface area contributed by atoms with Gasteiger partial charge in [0.25, 0.3) is 0 Å². The minimum atomic E-state index is -0.538. The van der Waals surface area contributed by atoms with Crippen LogP contribution < -0.4 is 0 Å². The molecule has 0 spiro atoms. The van der Waals surface area contributed by atoms with Gasteiger partial charge in [0.15, 0.2) is 6.29 Å². The van der Waals surface area contributed by atoms with E-state index < -0.39 is 6.29 Å². The molecule has 4 bridgehead atoms. The Bertz CT molecular complexity index is 516. The number of allylic oxidation sites excluding steroid dienone is 2. The highest BCUT2D eigenvalue weighted by Crippen LogP contribution is 2.67. The largest absolute Gasteiger partial charge is 0.436 e. The van der Waals surface area contributed by atoms with Gasteiger partial charge in [0, 0.05) is 6.61 Å². The maximum absolute atomic E-state index is 12.7. The van der Waals surface area contributed by atoms with Gasteiger partial charge in [0.2, 0.25) is 6.29 Å². The van der Waals surface area contributed by atoms with Crippen LogP contribution >= 0.6 is 0 Å². The standard InChI is InChI=1S/C20H30O4/c1-4-17(22-5-2)23-11(3)24-20(21)16-10-14-9-15(16)19-13-7-6-12(8-13)18(14)19/h6-7,11-19H,4-5,8-10H2,1-3H3. The van der Waals surface area contributed by atoms with Gasteiger partial charge >= 0.3 is 5.97 Å². The van der Waals surface area contributed by atoms with Crippen LogP contribution in [0.3, 0.4) is 0 Å². The summed E-state index contributed by atoms with van der Waals surface area (Å²) in [5.41, 5.74) is 0. The molecule has 4 nitrogen and oxygen atoms in total. The summed E-state index contributed by atoms with van der Waals surface area (Å²) in [5.74, 6) is 4.42. The minimum absolute atomic E-state index is 0.0495. The quantitative estimate of drug-likeness (QED) is 0.308. The average Bonchev–Trinajstić information content (AvgIpc) is 3.31. The molecule has 0 aliphatic heterocycles. The molecule has 0 aromatic carbocycles. The van der Waals surface area contributed by atoms with Gasteiger partial charge < -0.3 is 14.2 Å². The van der Waals surface area contributed by atoms with Crippen LogP contribution in [0.2, 0.25) is 0 Å². The lowest BCUT2D eigenvalue weighted by atomic mass is 9.69. The minimum Gasteiger partial charge on any atom is -0.436 e. The number of hydrogen-bond donors (Lipinski definition) is 0. The summed E-state index contributed by atoms with van der Waals surface area (Å²) in [6.07, 6.45) is 8.36. The first-order chi connectivity index (χ1) is 11.6. The van der Waals surface area contributed by atoms with Crippen molar-refractivity contribution in [3.05, 3.63) is 12.2 Å². The maximum Gasteiger partial charge on any atom is 0.311 e. The highest BCUT2D eigenvalue weighted by atomic mass is 16.8. The van der Waals surface area contributed by atoms with Crippen molar-refractivity contribution in [2.24, 2.45) is 41.4 Å². The second kappa shape index (κ2) is 6.45. The van der Waals surface area contributed by atoms with Crippen LogP contribution in [0.1, 0.15) is 46.5 Å². The molecule has 0 radical (unpaired) electrons. The van der Waals surface area contributed by atoms with E-state index in [9.17, 15) is 4.79 Å². The van der Waals surface area contributed by atoms with Gasteiger partial charge in [-0.3, -0.25) is 4.79 Å². The molecule has 9 unspecified atom stereocenters. The predicted molar refractivity (Wildman–Crippen MR) is 89.8 cm³/mol. The number of hydrogen-bond acceptors (Lipinski definition) is 4. The normalized spacial score (nSPS) is 43.9. The number of ether oxygens (including phenoxy) is 3. The Morgan fingerprint density at radius 1 is 1.12 bits per heavy atom. The van der Waals surface area contributed by atoms with Crippen LogP contribution in [0.5, 0.6) is 0 Å². The second-order valence-electron chi connectivity index (χ2n) is 8.04. The van der Waals surface area contributed by atoms with E-state index in [1.165, 1.54) is 12.8 Å². The van der Waals surface area contributed by atoms with E-state index in [4.69, 9.17) is 14.2 Å². The zero-order valence-corrected chi connectivity index (χ0v) is 15.0. The van der Waals surface area contributed by atoms with Gasteiger partial charge in [-0.05, 0) is 75.0 Å². The van der Waals surface area contributed by atoms with Crippen LogP contribution in [0.4, 0.5) is 0 Å². The van der Waals surface area contributed by atoms with Crippen LogP contribution in [-0.4, -0.2) is 25.2 Å². The topological polar surface area (TPSA) is 44.8 Å². The van der Waals surface area contributed by atoms with Crippen molar-refractivity contribution in [2.75, 3.05) is 6.61 Å². The van der Waals surface area contributed by atoms with Crippen molar-refractivity contribution in [1.29, 1.82) is 0 Å². The Morgan fingerprint density at radius 2 is 1.88 bits per heavy atom. The average molecular weight is 334 g/mol. The molecule has 0 amide bonds. The lowest BCUT2D eigenvalue weighted by molar-refractivity contribution is -0.237. The lowest BCUT2D eigenvalue weighted by Gasteiger charge is -2.36. The first kappa shape index (κ1) is 16.6. The molecule has 0 aromatic rings. The number of carbonyl (C=O) groups is 1. The van der Waals surface area contributed by atoms with E-state index in [1.807, 2.05) is 13.8 Å². The van der Waals surface area contributed by atoms with Crippen molar-refractivity contribution in [3.8, 4) is 0 Å². The van der Waals surface area contributed by atoms with Crippen LogP contribution in [0.15, 0.2) is 12.2 Å². The third kappa shape index (κ3) is 2.62. The summed E-state index contributed by atoms with van der Waals surface area (Å²) in [7, 11) is 0. The summed E-state index contributed by atoms with van der Waals surface area (Å²) in [4.78, 5) is 12.7. The summed E-state index contributed by atoms with van der Waals surface area (Å²) < 4.78 is 16.8. The van der Waals surface area contributed by atoms with Crippen molar-refractivity contribution in [1.82, 2.24) is 0 Å². The van der Waals surface area contributed by atoms with E-state index in [1.54, 1.807) is 6.92 Å². The van der Waals surface area contributed by atoms with Crippen LogP contribution in [-0.2, 0) is 19.0 Å². The zero-order chi connectivity index (χ0) is 16.8. The molecule has 0 heterocycles. The molecule has 0 N–H and O–H groups in total. The van der Waals surface area contributed by atoms with Crippen LogP contribution in [0, 0.1) is 41.4 Å². The van der Waals surface area contributed by atoms with Crippen molar-refractivity contribution < 1.29 is 19.0 Å². The third-order valence-corrected chi connectivity index (χ3v) is 6.88. The van der Waals surface area contributed by atoms with Crippen molar-refractivity contribution >= 4 is 5.97 Å². The van der Waals surface area contributed by atoms with E-state index in [-0.39, 0.29) is 18.2 Å². The third-order valence-electron chi connectivity index (χ3n) is 6.88. The van der Waals surface area contributed by atoms with E-state index in [2.05, 4.69) is 12.2 Å². The number of fused-ring (bicyclic) bond motifs is 9. The van der Waals surface area contributed by atoms with E-state index in [0.29, 0.717) is 12.5 Å². The molecule has 4 heteroatoms. The molecule has 134 valence electrons. The molecule has 9 atom stereocenters. The number of carbonyl (C=O) groups excluding carboxylic acids is 1. The Labute approximate surface area is 144 Å². The molecular formula is C20H30O4. The van der Waals surface area contributed by atoms with Gasteiger partial charge in [-0.15, -0.1) is 0 Å². The predicted octanol–water partition coefficient (Wildman–Crippen LogP) is 3.76. The molecule has 3 saturated carbocycles. The highest BCUT2D eigenvalue weighted by Gasteiger charge is 2.62. The highest BCUT2D eigenvalue weighted by molar-refractivity contribution is 5.73. The van der Waals surface area contributed by atoms with Gasteiger partial charge in [0.05, 0.1) is 5.92 Å². The van der Waals surface area contributed by atoms with E-state index in [0.717, 1.165) is 42.4 Å². The summed E-state index contributed by atoms with van der Waals surface area (Å²) in [5, 5.41) is 0. The first-order valence-corrected chi connectivity index (χ1v) is 9.78. The Balaban J connectivity index is 1.34. The van der Waals surface area contributed by atoms with Gasteiger partial charge in [-0.2, -0.15) is 0 Å². The smallest absolute Gasteiger partial charge is 0.311 e. The Kier molecular flexibility index (Phi) is 4.46. The van der Waals surface area contributed by atoms with Gasteiger partial charge in [-0.25, -0.2) is 0 Å². The monoisotopic (exact) mass is 334 g/mol. The second-order valence-corrected chi connectivity index (χ2v) is 8.04. The van der Waals surface area contributed by atoms with Crippen molar-refractivity contribution in [3.63, 3.8) is 0 Å². The molecule has 24 heavy (non-hydrogen) atoms. The van der Waals surface area contributed by atoms with Crippen molar-refractivity contribution in [2.45, 2.75) is 59.0 Å². The molecular weight excluding hydrogens is 304 g/mol. The first-order valence-electron chi connectivity index (χ1n) is 9.78. The van der Waals surface area contributed by atoms with E-state index >= 15 is 0 Å². The zero-order valence-electron chi connectivity index (χ0n) is 15.0. The molecule has 4 rings (SSSR count). The fourth-order valence-corrected chi connectivity index (χ4v) is 6.22. The number of esters is 1. The summed E-state index contributed by atoms with van der Waals surface area (Å²) in [6.45, 7) is 6.35. The summed E-state index contributed by atoms with van der Waals surface area (Å²) in [6, 6.07) is 0. The Hall–Kier alpha value is -0.870. The molecule has 4 aliphatic carbocycles. The molecule has 0 aromatic heterocycles. The Morgan fingerprint density at radius 3 is 2.58 bits per heavy atom. The fraction of sp³-hybridized carbons (Fsp3) is 0.850. The van der Waals surface area contributed by atoms with Gasteiger partial charge in [-0.1, -0.05) is 19.1 Å². The molecule has 4 aliphatic rings. The summed E-state index contributed by atoms with van der Waals surface area (Å²) >= 11 is 0. The lowest BCUT2D eigenvalue weighted by Crippen LogP contribution is -2.37. The van der Waals surface area contributed by atoms with Crippen LogP contribution in [0.25, 0.3) is 0 Å². The molecule has 0 saturated heterocycles. The SMILES string of the molecule is CCOC(CC)OC(C)OC(=O)C1CC2CC1C1C3C=CC(C3)C21. The maximum atomic E-state index is 12.7. The molecule has 3 fully saturated rings. The number of rotatable bonds is 7.